The molecule has 1 amide bonds. The first-order valence-corrected chi connectivity index (χ1v) is 7.68. The monoisotopic (exact) mass is 279 g/mol. The molecule has 112 valence electrons. The van der Waals surface area contributed by atoms with Crippen LogP contribution in [0.4, 0.5) is 0 Å². The van der Waals surface area contributed by atoms with E-state index < -0.39 is 0 Å². The normalized spacial score (nSPS) is 16.3. The van der Waals surface area contributed by atoms with Crippen LogP contribution in [0.3, 0.4) is 0 Å². The molecule has 0 bridgehead atoms. The molecule has 1 aromatic rings. The summed E-state index contributed by atoms with van der Waals surface area (Å²) in [5.41, 5.74) is 1.36. The van der Waals surface area contributed by atoms with Crippen molar-refractivity contribution in [1.82, 2.24) is 15.4 Å². The fraction of sp³-hybridized carbons (Fsp3) is 0.733. The van der Waals surface area contributed by atoms with Crippen LogP contribution in [-0.2, 0) is 6.42 Å². The molecule has 0 saturated carbocycles. The first-order chi connectivity index (χ1) is 9.72. The Morgan fingerprint density at radius 2 is 2.10 bits per heavy atom. The van der Waals surface area contributed by atoms with Crippen molar-refractivity contribution in [2.75, 3.05) is 26.2 Å². The summed E-state index contributed by atoms with van der Waals surface area (Å²) in [5.74, 6) is 0.551. The van der Waals surface area contributed by atoms with E-state index in [0.717, 1.165) is 18.7 Å². The zero-order chi connectivity index (χ0) is 14.4. The number of hydrogen-bond donors (Lipinski definition) is 1. The highest BCUT2D eigenvalue weighted by Crippen LogP contribution is 2.13. The highest BCUT2D eigenvalue weighted by molar-refractivity contribution is 5.96. The predicted molar refractivity (Wildman–Crippen MR) is 77.9 cm³/mol. The summed E-state index contributed by atoms with van der Waals surface area (Å²) in [4.78, 5) is 14.6. The van der Waals surface area contributed by atoms with Crippen molar-refractivity contribution in [3.63, 3.8) is 0 Å². The van der Waals surface area contributed by atoms with Gasteiger partial charge in [0.25, 0.3) is 5.91 Å². The Hall–Kier alpha value is -1.36. The van der Waals surface area contributed by atoms with E-state index in [0.29, 0.717) is 24.3 Å². The number of rotatable bonds is 6. The maximum Gasteiger partial charge on any atom is 0.256 e. The Morgan fingerprint density at radius 3 is 2.80 bits per heavy atom. The van der Waals surface area contributed by atoms with Crippen molar-refractivity contribution in [3.05, 3.63) is 17.0 Å². The van der Waals surface area contributed by atoms with E-state index in [1.807, 2.05) is 6.92 Å². The lowest BCUT2D eigenvalue weighted by Gasteiger charge is -2.26. The molecular formula is C15H25N3O2. The Labute approximate surface area is 120 Å². The summed E-state index contributed by atoms with van der Waals surface area (Å²) in [6, 6.07) is 0. The van der Waals surface area contributed by atoms with Crippen molar-refractivity contribution in [2.45, 2.75) is 46.0 Å². The third-order valence-electron chi connectivity index (χ3n) is 3.88. The fourth-order valence-corrected chi connectivity index (χ4v) is 2.73. The number of hydrogen-bond acceptors (Lipinski definition) is 4. The lowest BCUT2D eigenvalue weighted by atomic mass is 10.1. The van der Waals surface area contributed by atoms with E-state index in [2.05, 4.69) is 15.4 Å². The van der Waals surface area contributed by atoms with Gasteiger partial charge in [-0.1, -0.05) is 18.5 Å². The van der Waals surface area contributed by atoms with Gasteiger partial charge in [0.1, 0.15) is 11.3 Å². The molecule has 0 radical (unpaired) electrons. The minimum Gasteiger partial charge on any atom is -0.361 e. The second-order valence-corrected chi connectivity index (χ2v) is 5.43. The van der Waals surface area contributed by atoms with E-state index in [1.165, 1.54) is 32.4 Å². The maximum atomic E-state index is 12.1. The van der Waals surface area contributed by atoms with Crippen molar-refractivity contribution >= 4 is 5.91 Å². The molecule has 0 atom stereocenters. The Bertz CT molecular complexity index is 436. The van der Waals surface area contributed by atoms with Crippen LogP contribution >= 0.6 is 0 Å². The zero-order valence-corrected chi connectivity index (χ0v) is 12.6. The highest BCUT2D eigenvalue weighted by atomic mass is 16.5. The van der Waals surface area contributed by atoms with E-state index in [9.17, 15) is 4.79 Å². The molecule has 1 aromatic heterocycles. The number of carbonyl (C=O) groups excluding carboxylic acids is 1. The molecule has 1 saturated heterocycles. The summed E-state index contributed by atoms with van der Waals surface area (Å²) in [7, 11) is 0. The first kappa shape index (κ1) is 15.0. The average molecular weight is 279 g/mol. The van der Waals surface area contributed by atoms with Crippen LogP contribution in [0.2, 0.25) is 0 Å². The topological polar surface area (TPSA) is 58.4 Å². The molecule has 5 nitrogen and oxygen atoms in total. The summed E-state index contributed by atoms with van der Waals surface area (Å²) < 4.78 is 5.09. The average Bonchev–Trinajstić information content (AvgIpc) is 2.85. The number of piperidine rings is 1. The quantitative estimate of drug-likeness (QED) is 0.811. The number of aromatic nitrogens is 1. The van der Waals surface area contributed by atoms with Gasteiger partial charge in [0.2, 0.25) is 0 Å². The molecule has 0 aromatic carbocycles. The standard InChI is InChI=1S/C15H25N3O2/c1-3-13-14(12(2)20-17-13)15(19)16-8-7-11-18-9-5-4-6-10-18/h3-11H2,1-2H3,(H,16,19). The molecule has 0 aliphatic carbocycles. The van der Waals surface area contributed by atoms with Crippen LogP contribution in [0.25, 0.3) is 0 Å². The second kappa shape index (κ2) is 7.43. The van der Waals surface area contributed by atoms with E-state index in [-0.39, 0.29) is 5.91 Å². The number of nitrogens with zero attached hydrogens (tertiary/aromatic N) is 2. The van der Waals surface area contributed by atoms with Gasteiger partial charge in [-0.15, -0.1) is 0 Å². The van der Waals surface area contributed by atoms with Gasteiger partial charge in [0.05, 0.1) is 5.69 Å². The second-order valence-electron chi connectivity index (χ2n) is 5.43. The van der Waals surface area contributed by atoms with Crippen LogP contribution in [0.5, 0.6) is 0 Å². The van der Waals surface area contributed by atoms with Gasteiger partial charge in [-0.3, -0.25) is 4.79 Å². The van der Waals surface area contributed by atoms with Gasteiger partial charge in [0.15, 0.2) is 0 Å². The van der Waals surface area contributed by atoms with Crippen molar-refractivity contribution in [3.8, 4) is 0 Å². The van der Waals surface area contributed by atoms with Crippen molar-refractivity contribution in [2.24, 2.45) is 0 Å². The van der Waals surface area contributed by atoms with E-state index in [1.54, 1.807) is 6.92 Å². The highest BCUT2D eigenvalue weighted by Gasteiger charge is 2.18. The van der Waals surface area contributed by atoms with Crippen molar-refractivity contribution in [1.29, 1.82) is 0 Å². The maximum absolute atomic E-state index is 12.1. The van der Waals surface area contributed by atoms with Gasteiger partial charge < -0.3 is 14.7 Å². The number of amides is 1. The molecule has 1 aliphatic rings. The van der Waals surface area contributed by atoms with Crippen LogP contribution < -0.4 is 5.32 Å². The number of aryl methyl sites for hydroxylation is 2. The zero-order valence-electron chi connectivity index (χ0n) is 12.6. The number of nitrogens with one attached hydrogen (secondary N) is 1. The van der Waals surface area contributed by atoms with E-state index >= 15 is 0 Å². The van der Waals surface area contributed by atoms with Gasteiger partial charge in [-0.2, -0.15) is 0 Å². The van der Waals surface area contributed by atoms with Crippen LogP contribution in [-0.4, -0.2) is 42.1 Å². The van der Waals surface area contributed by atoms with Crippen LogP contribution in [0, 0.1) is 6.92 Å². The third kappa shape index (κ3) is 3.82. The summed E-state index contributed by atoms with van der Waals surface area (Å²) in [6.07, 6.45) is 5.70. The lowest BCUT2D eigenvalue weighted by molar-refractivity contribution is 0.0949. The predicted octanol–water partition coefficient (Wildman–Crippen LogP) is 2.15. The molecule has 20 heavy (non-hydrogen) atoms. The Morgan fingerprint density at radius 1 is 1.35 bits per heavy atom. The van der Waals surface area contributed by atoms with Crippen molar-refractivity contribution < 1.29 is 9.32 Å². The van der Waals surface area contributed by atoms with Crippen LogP contribution in [0.1, 0.15) is 54.4 Å². The fourth-order valence-electron chi connectivity index (χ4n) is 2.73. The molecule has 1 N–H and O–H groups in total. The lowest BCUT2D eigenvalue weighted by Crippen LogP contribution is -2.33. The molecular weight excluding hydrogens is 254 g/mol. The Kier molecular flexibility index (Phi) is 5.59. The van der Waals surface area contributed by atoms with Gasteiger partial charge in [-0.25, -0.2) is 0 Å². The van der Waals surface area contributed by atoms with Crippen LogP contribution in [0.15, 0.2) is 4.52 Å². The molecule has 1 fully saturated rings. The largest absolute Gasteiger partial charge is 0.361 e. The Balaban J connectivity index is 1.73. The van der Waals surface area contributed by atoms with Gasteiger partial charge >= 0.3 is 0 Å². The summed E-state index contributed by atoms with van der Waals surface area (Å²) in [5, 5.41) is 6.89. The number of likely N-dealkylation sites (tertiary alicyclic amines) is 1. The molecule has 0 unspecified atom stereocenters. The van der Waals surface area contributed by atoms with Gasteiger partial charge in [-0.05, 0) is 52.2 Å². The smallest absolute Gasteiger partial charge is 0.256 e. The minimum absolute atomic E-state index is 0.0563. The molecule has 1 aliphatic heterocycles. The van der Waals surface area contributed by atoms with E-state index in [4.69, 9.17) is 4.52 Å². The third-order valence-corrected chi connectivity index (χ3v) is 3.88. The number of carbonyl (C=O) groups is 1. The first-order valence-electron chi connectivity index (χ1n) is 7.68. The SMILES string of the molecule is CCc1noc(C)c1C(=O)NCCCN1CCCCC1. The molecule has 2 heterocycles. The molecule has 2 rings (SSSR count). The molecule has 5 heteroatoms. The molecule has 0 spiro atoms. The summed E-state index contributed by atoms with van der Waals surface area (Å²) in [6.45, 7) is 7.96. The summed E-state index contributed by atoms with van der Waals surface area (Å²) >= 11 is 0. The van der Waals surface area contributed by atoms with Gasteiger partial charge in [0, 0.05) is 6.54 Å². The minimum atomic E-state index is -0.0563.